The SMILES string of the molecule is CS(=O)(=O)Nc1cc(Br)cnc1OCC(CO)N1CCCCC1. The molecule has 1 unspecified atom stereocenters. The van der Waals surface area contributed by atoms with E-state index >= 15 is 0 Å². The Bertz CT molecular complexity index is 620. The first-order valence-electron chi connectivity index (χ1n) is 7.50. The summed E-state index contributed by atoms with van der Waals surface area (Å²) in [6, 6.07) is 1.48. The summed E-state index contributed by atoms with van der Waals surface area (Å²) in [5.74, 6) is 0.203. The van der Waals surface area contributed by atoms with Crippen LogP contribution in [0.25, 0.3) is 0 Å². The zero-order valence-electron chi connectivity index (χ0n) is 13.0. The maximum absolute atomic E-state index is 11.4. The van der Waals surface area contributed by atoms with Gasteiger partial charge in [0.1, 0.15) is 12.3 Å². The first kappa shape index (κ1) is 18.4. The summed E-state index contributed by atoms with van der Waals surface area (Å²) in [6.45, 7) is 2.13. The molecule has 0 bridgehead atoms. The van der Waals surface area contributed by atoms with E-state index in [1.54, 1.807) is 6.07 Å². The largest absolute Gasteiger partial charge is 0.474 e. The van der Waals surface area contributed by atoms with Crippen molar-refractivity contribution in [3.63, 3.8) is 0 Å². The molecule has 1 atom stereocenters. The molecule has 23 heavy (non-hydrogen) atoms. The van der Waals surface area contributed by atoms with Gasteiger partial charge in [0.05, 0.1) is 18.9 Å². The molecule has 0 radical (unpaired) electrons. The number of aliphatic hydroxyl groups excluding tert-OH is 1. The number of sulfonamides is 1. The number of halogens is 1. The molecule has 0 amide bonds. The fraction of sp³-hybridized carbons (Fsp3) is 0.643. The van der Waals surface area contributed by atoms with Gasteiger partial charge in [-0.3, -0.25) is 9.62 Å². The van der Waals surface area contributed by atoms with E-state index in [2.05, 4.69) is 30.5 Å². The van der Waals surface area contributed by atoms with Crippen molar-refractivity contribution in [2.24, 2.45) is 0 Å². The normalized spacial score (nSPS) is 17.7. The van der Waals surface area contributed by atoms with Crippen molar-refractivity contribution in [3.8, 4) is 5.88 Å². The second kappa shape index (κ2) is 8.27. The molecule has 0 saturated carbocycles. The number of piperidine rings is 1. The van der Waals surface area contributed by atoms with Crippen molar-refractivity contribution in [1.82, 2.24) is 9.88 Å². The lowest BCUT2D eigenvalue weighted by Crippen LogP contribution is -2.44. The molecule has 2 heterocycles. The van der Waals surface area contributed by atoms with Crippen LogP contribution in [0.5, 0.6) is 5.88 Å². The van der Waals surface area contributed by atoms with E-state index in [1.165, 1.54) is 12.6 Å². The summed E-state index contributed by atoms with van der Waals surface area (Å²) in [4.78, 5) is 6.32. The molecule has 1 aromatic heterocycles. The Hall–Kier alpha value is -0.900. The van der Waals surface area contributed by atoms with Crippen LogP contribution >= 0.6 is 15.9 Å². The van der Waals surface area contributed by atoms with Crippen molar-refractivity contribution in [2.75, 3.05) is 37.3 Å². The molecule has 7 nitrogen and oxygen atoms in total. The lowest BCUT2D eigenvalue weighted by molar-refractivity contribution is 0.0675. The quantitative estimate of drug-likeness (QED) is 0.710. The van der Waals surface area contributed by atoms with Crippen LogP contribution in [0, 0.1) is 0 Å². The van der Waals surface area contributed by atoms with Crippen LogP contribution in [-0.4, -0.2) is 62.0 Å². The van der Waals surface area contributed by atoms with Gasteiger partial charge in [-0.1, -0.05) is 6.42 Å². The Morgan fingerprint density at radius 3 is 2.74 bits per heavy atom. The topological polar surface area (TPSA) is 91.8 Å². The number of nitrogens with one attached hydrogen (secondary N) is 1. The van der Waals surface area contributed by atoms with E-state index in [4.69, 9.17) is 4.74 Å². The summed E-state index contributed by atoms with van der Waals surface area (Å²) >= 11 is 3.26. The molecule has 1 aliphatic rings. The van der Waals surface area contributed by atoms with Crippen molar-refractivity contribution >= 4 is 31.6 Å². The van der Waals surface area contributed by atoms with E-state index in [9.17, 15) is 13.5 Å². The first-order valence-corrected chi connectivity index (χ1v) is 10.2. The number of nitrogens with zero attached hydrogens (tertiary/aromatic N) is 2. The molecule has 9 heteroatoms. The van der Waals surface area contributed by atoms with Gasteiger partial charge >= 0.3 is 0 Å². The number of likely N-dealkylation sites (tertiary alicyclic amines) is 1. The molecule has 2 rings (SSSR count). The Kier molecular flexibility index (Phi) is 6.63. The fourth-order valence-corrected chi connectivity index (χ4v) is 3.42. The maximum Gasteiger partial charge on any atom is 0.238 e. The molecule has 1 saturated heterocycles. The summed E-state index contributed by atoms with van der Waals surface area (Å²) in [5.41, 5.74) is 0.275. The number of rotatable bonds is 7. The number of hydrogen-bond donors (Lipinski definition) is 2. The Balaban J connectivity index is 2.06. The Morgan fingerprint density at radius 1 is 1.43 bits per heavy atom. The zero-order chi connectivity index (χ0) is 16.9. The van der Waals surface area contributed by atoms with Gasteiger partial charge in [-0.2, -0.15) is 0 Å². The number of hydrogen-bond acceptors (Lipinski definition) is 6. The van der Waals surface area contributed by atoms with Crippen LogP contribution in [0.15, 0.2) is 16.7 Å². The third-order valence-corrected chi connectivity index (χ3v) is 4.67. The van der Waals surface area contributed by atoms with E-state index in [0.717, 1.165) is 32.2 Å². The molecule has 1 fully saturated rings. The van der Waals surface area contributed by atoms with E-state index in [-0.39, 0.29) is 30.8 Å². The van der Waals surface area contributed by atoms with Crippen molar-refractivity contribution in [3.05, 3.63) is 16.7 Å². The molecule has 0 aliphatic carbocycles. The standard InChI is InChI=1S/C14H22BrN3O4S/c1-23(20,21)17-13-7-11(15)8-16-14(13)22-10-12(9-19)18-5-3-2-4-6-18/h7-8,12,17,19H,2-6,9-10H2,1H3. The van der Waals surface area contributed by atoms with Crippen LogP contribution in [-0.2, 0) is 10.0 Å². The molecule has 1 aromatic rings. The van der Waals surface area contributed by atoms with Gasteiger partial charge in [0.2, 0.25) is 15.9 Å². The van der Waals surface area contributed by atoms with Crippen LogP contribution in [0.3, 0.4) is 0 Å². The molecular formula is C14H22BrN3O4S. The molecule has 130 valence electrons. The van der Waals surface area contributed by atoms with Crippen molar-refractivity contribution in [1.29, 1.82) is 0 Å². The highest BCUT2D eigenvalue weighted by atomic mass is 79.9. The van der Waals surface area contributed by atoms with E-state index in [1.807, 2.05) is 0 Å². The minimum absolute atomic E-state index is 0.00857. The lowest BCUT2D eigenvalue weighted by Gasteiger charge is -2.33. The third kappa shape index (κ3) is 5.91. The maximum atomic E-state index is 11.4. The zero-order valence-corrected chi connectivity index (χ0v) is 15.4. The van der Waals surface area contributed by atoms with E-state index < -0.39 is 10.0 Å². The number of ether oxygens (including phenoxy) is 1. The minimum Gasteiger partial charge on any atom is -0.474 e. The van der Waals surface area contributed by atoms with Gasteiger partial charge in [-0.05, 0) is 47.9 Å². The van der Waals surface area contributed by atoms with Gasteiger partial charge < -0.3 is 9.84 Å². The van der Waals surface area contributed by atoms with Crippen LogP contribution in [0.2, 0.25) is 0 Å². The highest BCUT2D eigenvalue weighted by Gasteiger charge is 2.21. The lowest BCUT2D eigenvalue weighted by atomic mass is 10.1. The second-order valence-corrected chi connectivity index (χ2v) is 8.29. The van der Waals surface area contributed by atoms with Gasteiger partial charge in [0, 0.05) is 10.7 Å². The summed E-state index contributed by atoms with van der Waals surface area (Å²) in [6.07, 6.45) is 6.06. The molecule has 0 spiro atoms. The third-order valence-electron chi connectivity index (χ3n) is 3.64. The van der Waals surface area contributed by atoms with Gasteiger partial charge in [0.25, 0.3) is 0 Å². The smallest absolute Gasteiger partial charge is 0.238 e. The number of anilines is 1. The minimum atomic E-state index is -3.43. The molecular weight excluding hydrogens is 386 g/mol. The molecule has 1 aliphatic heterocycles. The molecule has 0 aromatic carbocycles. The van der Waals surface area contributed by atoms with Crippen LogP contribution < -0.4 is 9.46 Å². The van der Waals surface area contributed by atoms with Crippen LogP contribution in [0.4, 0.5) is 5.69 Å². The Morgan fingerprint density at radius 2 is 2.13 bits per heavy atom. The highest BCUT2D eigenvalue weighted by Crippen LogP contribution is 2.26. The predicted octanol–water partition coefficient (Wildman–Crippen LogP) is 1.44. The van der Waals surface area contributed by atoms with Gasteiger partial charge in [0.15, 0.2) is 0 Å². The average Bonchev–Trinajstić information content (AvgIpc) is 2.49. The van der Waals surface area contributed by atoms with Crippen LogP contribution in [0.1, 0.15) is 19.3 Å². The number of pyridine rings is 1. The highest BCUT2D eigenvalue weighted by molar-refractivity contribution is 9.10. The van der Waals surface area contributed by atoms with E-state index in [0.29, 0.717) is 4.47 Å². The van der Waals surface area contributed by atoms with Crippen molar-refractivity contribution in [2.45, 2.75) is 25.3 Å². The fourth-order valence-electron chi connectivity index (χ4n) is 2.55. The predicted molar refractivity (Wildman–Crippen MR) is 92.2 cm³/mol. The summed E-state index contributed by atoms with van der Waals surface area (Å²) in [7, 11) is -3.43. The molecule has 2 N–H and O–H groups in total. The van der Waals surface area contributed by atoms with Gasteiger partial charge in [-0.15, -0.1) is 0 Å². The monoisotopic (exact) mass is 407 g/mol. The van der Waals surface area contributed by atoms with Crippen molar-refractivity contribution < 1.29 is 18.3 Å². The summed E-state index contributed by atoms with van der Waals surface area (Å²) in [5, 5.41) is 9.60. The van der Waals surface area contributed by atoms with Gasteiger partial charge in [-0.25, -0.2) is 13.4 Å². The Labute approximate surface area is 145 Å². The first-order chi connectivity index (χ1) is 10.9. The number of aliphatic hydroxyl groups is 1. The summed E-state index contributed by atoms with van der Waals surface area (Å²) < 4.78 is 31.6. The average molecular weight is 408 g/mol. The second-order valence-electron chi connectivity index (χ2n) is 5.62. The number of aromatic nitrogens is 1.